The zero-order valence-electron chi connectivity index (χ0n) is 15.4. The predicted octanol–water partition coefficient (Wildman–Crippen LogP) is 3.86. The van der Waals surface area contributed by atoms with E-state index in [1.807, 2.05) is 32.0 Å². The first-order valence-corrected chi connectivity index (χ1v) is 8.59. The van der Waals surface area contributed by atoms with Crippen LogP contribution in [0.25, 0.3) is 10.9 Å². The normalized spacial score (nSPS) is 12.1. The minimum atomic E-state index is -1.01. The Kier molecular flexibility index (Phi) is 4.90. The van der Waals surface area contributed by atoms with Gasteiger partial charge in [-0.05, 0) is 62.2 Å². The zero-order valence-corrected chi connectivity index (χ0v) is 15.4. The average molecular weight is 367 g/mol. The van der Waals surface area contributed by atoms with Crippen LogP contribution in [-0.2, 0) is 11.3 Å². The van der Waals surface area contributed by atoms with E-state index in [0.717, 1.165) is 27.7 Å². The zero-order chi connectivity index (χ0) is 19.7. The Labute approximate surface area is 156 Å². The monoisotopic (exact) mass is 367 g/mol. The van der Waals surface area contributed by atoms with E-state index >= 15 is 0 Å². The van der Waals surface area contributed by atoms with E-state index in [1.54, 1.807) is 24.3 Å². The molecule has 0 saturated carbocycles. The van der Waals surface area contributed by atoms with Crippen molar-refractivity contribution in [3.63, 3.8) is 0 Å². The lowest BCUT2D eigenvalue weighted by atomic mass is 10.1. The number of hydrogen-bond acceptors (Lipinski definition) is 3. The summed E-state index contributed by atoms with van der Waals surface area (Å²) in [6, 6.07) is 12.5. The summed E-state index contributed by atoms with van der Waals surface area (Å²) in [5.74, 6) is -1.44. The van der Waals surface area contributed by atoms with Gasteiger partial charge in [0.15, 0.2) is 6.10 Å². The van der Waals surface area contributed by atoms with Crippen molar-refractivity contribution >= 4 is 22.8 Å². The van der Waals surface area contributed by atoms with Gasteiger partial charge in [0.1, 0.15) is 5.75 Å². The lowest BCUT2D eigenvalue weighted by Crippen LogP contribution is -2.22. The topological polar surface area (TPSA) is 88.8 Å². The van der Waals surface area contributed by atoms with Gasteiger partial charge >= 0.3 is 11.9 Å². The Morgan fingerprint density at radius 1 is 1.07 bits per heavy atom. The van der Waals surface area contributed by atoms with E-state index in [0.29, 0.717) is 12.3 Å². The number of ether oxygens (including phenoxy) is 1. The van der Waals surface area contributed by atoms with Gasteiger partial charge in [0.2, 0.25) is 0 Å². The fourth-order valence-electron chi connectivity index (χ4n) is 3.10. The maximum Gasteiger partial charge on any atom is 0.344 e. The molecule has 2 N–H and O–H groups in total. The number of aliphatic carboxylic acids is 1. The molecule has 0 spiro atoms. The molecule has 2 aromatic carbocycles. The highest BCUT2D eigenvalue weighted by Crippen LogP contribution is 2.27. The fraction of sp³-hybridized carbons (Fsp3) is 0.238. The van der Waals surface area contributed by atoms with Crippen molar-refractivity contribution in [3.05, 3.63) is 64.8 Å². The van der Waals surface area contributed by atoms with Crippen molar-refractivity contribution in [1.82, 2.24) is 4.57 Å². The van der Waals surface area contributed by atoms with Gasteiger partial charge in [0.25, 0.3) is 0 Å². The van der Waals surface area contributed by atoms with Crippen molar-refractivity contribution in [2.24, 2.45) is 0 Å². The Hall–Kier alpha value is -3.28. The third kappa shape index (κ3) is 3.65. The molecule has 0 aliphatic rings. The first-order chi connectivity index (χ1) is 12.8. The molecule has 0 aliphatic heterocycles. The van der Waals surface area contributed by atoms with Crippen LogP contribution < -0.4 is 4.74 Å². The third-order valence-corrected chi connectivity index (χ3v) is 4.81. The summed E-state index contributed by atoms with van der Waals surface area (Å²) in [4.78, 5) is 22.1. The number of hydrogen-bond donors (Lipinski definition) is 2. The molecule has 3 aromatic rings. The van der Waals surface area contributed by atoms with Crippen molar-refractivity contribution in [2.75, 3.05) is 0 Å². The van der Waals surface area contributed by atoms with Crippen LogP contribution in [0, 0.1) is 13.8 Å². The summed E-state index contributed by atoms with van der Waals surface area (Å²) < 4.78 is 7.50. The smallest absolute Gasteiger partial charge is 0.344 e. The lowest BCUT2D eigenvalue weighted by molar-refractivity contribution is -0.144. The highest BCUT2D eigenvalue weighted by Gasteiger charge is 2.15. The molecule has 140 valence electrons. The largest absolute Gasteiger partial charge is 0.479 e. The highest BCUT2D eigenvalue weighted by molar-refractivity contribution is 5.95. The molecule has 0 radical (unpaired) electrons. The number of carboxylic acid groups (broad SMARTS) is 2. The van der Waals surface area contributed by atoms with E-state index in [-0.39, 0.29) is 5.56 Å². The lowest BCUT2D eigenvalue weighted by Gasteiger charge is -2.12. The van der Waals surface area contributed by atoms with Gasteiger partial charge in [-0.3, -0.25) is 0 Å². The Morgan fingerprint density at radius 3 is 2.33 bits per heavy atom. The van der Waals surface area contributed by atoms with Gasteiger partial charge in [-0.15, -0.1) is 0 Å². The molecule has 1 heterocycles. The van der Waals surface area contributed by atoms with Crippen molar-refractivity contribution in [2.45, 2.75) is 33.4 Å². The molecule has 0 saturated heterocycles. The minimum Gasteiger partial charge on any atom is -0.479 e. The number of aryl methyl sites for hydroxylation is 1. The predicted molar refractivity (Wildman–Crippen MR) is 102 cm³/mol. The molecule has 6 nitrogen and oxygen atoms in total. The summed E-state index contributed by atoms with van der Waals surface area (Å²) in [7, 11) is 0. The van der Waals surface area contributed by atoms with E-state index in [1.165, 1.54) is 6.92 Å². The van der Waals surface area contributed by atoms with Crippen molar-refractivity contribution in [3.8, 4) is 5.75 Å². The molecule has 1 atom stereocenters. The summed E-state index contributed by atoms with van der Waals surface area (Å²) in [5.41, 5.74) is 4.43. The molecule has 0 bridgehead atoms. The summed E-state index contributed by atoms with van der Waals surface area (Å²) >= 11 is 0. The van der Waals surface area contributed by atoms with Gasteiger partial charge in [-0.2, -0.15) is 0 Å². The van der Waals surface area contributed by atoms with Gasteiger partial charge in [-0.25, -0.2) is 9.59 Å². The first-order valence-electron chi connectivity index (χ1n) is 8.59. The fourth-order valence-corrected chi connectivity index (χ4v) is 3.10. The number of nitrogens with zero attached hydrogens (tertiary/aromatic N) is 1. The molecule has 6 heteroatoms. The second-order valence-corrected chi connectivity index (χ2v) is 6.58. The molecular weight excluding hydrogens is 346 g/mol. The molecular formula is C21H21NO5. The molecule has 1 aromatic heterocycles. The van der Waals surface area contributed by atoms with Gasteiger partial charge in [0, 0.05) is 23.1 Å². The number of rotatable bonds is 6. The van der Waals surface area contributed by atoms with E-state index in [9.17, 15) is 14.7 Å². The molecule has 0 fully saturated rings. The van der Waals surface area contributed by atoms with Gasteiger partial charge < -0.3 is 19.5 Å². The quantitative estimate of drug-likeness (QED) is 0.691. The molecule has 0 unspecified atom stereocenters. The molecule has 27 heavy (non-hydrogen) atoms. The second-order valence-electron chi connectivity index (χ2n) is 6.58. The summed E-state index contributed by atoms with van der Waals surface area (Å²) in [6.45, 7) is 6.11. The van der Waals surface area contributed by atoms with Crippen LogP contribution in [0.1, 0.15) is 34.1 Å². The molecule has 3 rings (SSSR count). The van der Waals surface area contributed by atoms with Crippen LogP contribution in [0.4, 0.5) is 0 Å². The number of fused-ring (bicyclic) bond motifs is 1. The first kappa shape index (κ1) is 18.5. The van der Waals surface area contributed by atoms with Crippen LogP contribution in [0.5, 0.6) is 5.75 Å². The Bertz CT molecular complexity index is 1020. The number of aromatic carboxylic acids is 1. The minimum absolute atomic E-state index is 0.275. The highest BCUT2D eigenvalue weighted by atomic mass is 16.5. The standard InChI is InChI=1S/C21H21NO5/c1-12-13(2)22(19-9-6-16(21(25)26)10-18(12)19)11-15-4-7-17(8-5-15)27-14(3)20(23)24/h4-10,14H,11H2,1-3H3,(H,23,24)(H,25,26)/t14-/m0/s1. The van der Waals surface area contributed by atoms with Crippen LogP contribution in [0.3, 0.4) is 0 Å². The maximum absolute atomic E-state index is 11.2. The summed E-state index contributed by atoms with van der Waals surface area (Å²) in [5, 5.41) is 19.1. The Morgan fingerprint density at radius 2 is 1.74 bits per heavy atom. The van der Waals surface area contributed by atoms with Gasteiger partial charge in [0.05, 0.1) is 5.56 Å². The number of carbonyl (C=O) groups is 2. The number of aromatic nitrogens is 1. The molecule has 0 aliphatic carbocycles. The van der Waals surface area contributed by atoms with Crippen molar-refractivity contribution < 1.29 is 24.5 Å². The average Bonchev–Trinajstić information content (AvgIpc) is 2.87. The van der Waals surface area contributed by atoms with Crippen LogP contribution >= 0.6 is 0 Å². The van der Waals surface area contributed by atoms with E-state index in [2.05, 4.69) is 4.57 Å². The number of benzene rings is 2. The van der Waals surface area contributed by atoms with Crippen molar-refractivity contribution in [1.29, 1.82) is 0 Å². The number of carboxylic acids is 2. The SMILES string of the molecule is Cc1c(C)n(Cc2ccc(O[C@@H](C)C(=O)O)cc2)c2ccc(C(=O)O)cc12. The third-order valence-electron chi connectivity index (χ3n) is 4.81. The second kappa shape index (κ2) is 7.15. The van der Waals surface area contributed by atoms with Crippen LogP contribution in [0.15, 0.2) is 42.5 Å². The maximum atomic E-state index is 11.2. The van der Waals surface area contributed by atoms with Crippen LogP contribution in [-0.4, -0.2) is 32.8 Å². The Balaban J connectivity index is 1.89. The van der Waals surface area contributed by atoms with E-state index < -0.39 is 18.0 Å². The van der Waals surface area contributed by atoms with Crippen LogP contribution in [0.2, 0.25) is 0 Å². The van der Waals surface area contributed by atoms with Gasteiger partial charge in [-0.1, -0.05) is 12.1 Å². The van der Waals surface area contributed by atoms with E-state index in [4.69, 9.17) is 9.84 Å². The summed E-state index contributed by atoms with van der Waals surface area (Å²) in [6.07, 6.45) is -0.905. The molecule has 0 amide bonds.